The standard InChI is InChI=1S/C24H34N4O3.HI/c1-4-25-24(28-15-13-20(14-16-28)29-5-2)27-18-19-11-12-23(26-17-19)31-22-10-8-7-9-21(22)30-6-3;/h7-12,17,20H,4-6,13-16,18H2,1-3H3,(H,25,27);1H. The lowest BCUT2D eigenvalue weighted by Gasteiger charge is -2.34. The maximum absolute atomic E-state index is 5.90. The van der Waals surface area contributed by atoms with E-state index in [1.165, 1.54) is 0 Å². The van der Waals surface area contributed by atoms with Gasteiger partial charge < -0.3 is 24.4 Å². The van der Waals surface area contributed by atoms with Crippen molar-refractivity contribution in [3.8, 4) is 17.4 Å². The van der Waals surface area contributed by atoms with Crippen molar-refractivity contribution in [3.05, 3.63) is 48.2 Å². The monoisotopic (exact) mass is 554 g/mol. The minimum absolute atomic E-state index is 0. The third-order valence-corrected chi connectivity index (χ3v) is 5.05. The number of guanidine groups is 1. The maximum Gasteiger partial charge on any atom is 0.219 e. The predicted molar refractivity (Wildman–Crippen MR) is 138 cm³/mol. The Morgan fingerprint density at radius 2 is 1.81 bits per heavy atom. The molecule has 2 heterocycles. The molecule has 0 saturated carbocycles. The highest BCUT2D eigenvalue weighted by Gasteiger charge is 2.21. The molecule has 0 atom stereocenters. The first-order valence-electron chi connectivity index (χ1n) is 11.2. The number of likely N-dealkylation sites (tertiary alicyclic amines) is 1. The topological polar surface area (TPSA) is 68.2 Å². The highest BCUT2D eigenvalue weighted by molar-refractivity contribution is 14.0. The quantitative estimate of drug-likeness (QED) is 0.272. The van der Waals surface area contributed by atoms with Crippen LogP contribution >= 0.6 is 24.0 Å². The number of nitrogens with one attached hydrogen (secondary N) is 1. The zero-order chi connectivity index (χ0) is 21.9. The fraction of sp³-hybridized carbons (Fsp3) is 0.500. The molecule has 32 heavy (non-hydrogen) atoms. The smallest absolute Gasteiger partial charge is 0.219 e. The molecule has 2 aromatic rings. The number of para-hydroxylation sites is 2. The summed E-state index contributed by atoms with van der Waals surface area (Å²) >= 11 is 0. The molecule has 1 aromatic carbocycles. The molecule has 176 valence electrons. The lowest BCUT2D eigenvalue weighted by Crippen LogP contribution is -2.47. The Bertz CT molecular complexity index is 824. The molecule has 0 amide bonds. The number of hydrogen-bond donors (Lipinski definition) is 1. The zero-order valence-electron chi connectivity index (χ0n) is 19.3. The van der Waals surface area contributed by atoms with Crippen LogP contribution < -0.4 is 14.8 Å². The van der Waals surface area contributed by atoms with Crippen molar-refractivity contribution < 1.29 is 14.2 Å². The second-order valence-electron chi connectivity index (χ2n) is 7.30. The summed E-state index contributed by atoms with van der Waals surface area (Å²) in [6.45, 7) is 10.8. The van der Waals surface area contributed by atoms with Gasteiger partial charge in [0.1, 0.15) is 0 Å². The lowest BCUT2D eigenvalue weighted by atomic mass is 10.1. The average molecular weight is 554 g/mol. The maximum atomic E-state index is 5.90. The van der Waals surface area contributed by atoms with Crippen LogP contribution in [0.5, 0.6) is 17.4 Å². The van der Waals surface area contributed by atoms with E-state index >= 15 is 0 Å². The molecule has 0 unspecified atom stereocenters. The Labute approximate surface area is 208 Å². The first-order chi connectivity index (χ1) is 15.2. The van der Waals surface area contributed by atoms with E-state index in [0.29, 0.717) is 36.6 Å². The number of nitrogens with zero attached hydrogens (tertiary/aromatic N) is 3. The molecule has 8 heteroatoms. The van der Waals surface area contributed by atoms with Gasteiger partial charge in [-0.2, -0.15) is 0 Å². The van der Waals surface area contributed by atoms with Gasteiger partial charge in [-0.25, -0.2) is 9.98 Å². The zero-order valence-corrected chi connectivity index (χ0v) is 21.6. The van der Waals surface area contributed by atoms with E-state index in [-0.39, 0.29) is 24.0 Å². The number of halogens is 1. The molecule has 1 N–H and O–H groups in total. The molecule has 1 saturated heterocycles. The van der Waals surface area contributed by atoms with E-state index in [4.69, 9.17) is 19.2 Å². The second kappa shape index (κ2) is 14.2. The minimum Gasteiger partial charge on any atom is -0.490 e. The SMILES string of the molecule is CCNC(=NCc1ccc(Oc2ccccc2OCC)nc1)N1CCC(OCC)CC1.I. The van der Waals surface area contributed by atoms with Gasteiger partial charge in [-0.15, -0.1) is 24.0 Å². The first kappa shape index (κ1) is 26.2. The van der Waals surface area contributed by atoms with Crippen molar-refractivity contribution in [2.45, 2.75) is 46.3 Å². The summed E-state index contributed by atoms with van der Waals surface area (Å²) in [7, 11) is 0. The molecule has 1 aliphatic rings. The highest BCUT2D eigenvalue weighted by Crippen LogP contribution is 2.30. The normalized spacial score (nSPS) is 14.6. The summed E-state index contributed by atoms with van der Waals surface area (Å²) in [6, 6.07) is 11.5. The minimum atomic E-state index is 0. The Kier molecular flexibility index (Phi) is 11.6. The molecule has 3 rings (SSSR count). The number of benzene rings is 1. The molecule has 0 aliphatic carbocycles. The largest absolute Gasteiger partial charge is 0.490 e. The molecule has 1 aromatic heterocycles. The molecule has 0 bridgehead atoms. The summed E-state index contributed by atoms with van der Waals surface area (Å²) in [5.41, 5.74) is 1.03. The van der Waals surface area contributed by atoms with Gasteiger partial charge in [0.05, 0.1) is 19.3 Å². The van der Waals surface area contributed by atoms with Gasteiger partial charge in [0.2, 0.25) is 5.88 Å². The van der Waals surface area contributed by atoms with Crippen molar-refractivity contribution in [1.82, 2.24) is 15.2 Å². The fourth-order valence-corrected chi connectivity index (χ4v) is 3.55. The summed E-state index contributed by atoms with van der Waals surface area (Å²) < 4.78 is 17.3. The van der Waals surface area contributed by atoms with Crippen LogP contribution in [0.25, 0.3) is 0 Å². The van der Waals surface area contributed by atoms with Crippen LogP contribution in [0.15, 0.2) is 47.6 Å². The van der Waals surface area contributed by atoms with Gasteiger partial charge in [-0.05, 0) is 51.3 Å². The van der Waals surface area contributed by atoms with Gasteiger partial charge in [0.15, 0.2) is 17.5 Å². The fourth-order valence-electron chi connectivity index (χ4n) is 3.55. The highest BCUT2D eigenvalue weighted by atomic mass is 127. The van der Waals surface area contributed by atoms with Gasteiger partial charge >= 0.3 is 0 Å². The van der Waals surface area contributed by atoms with E-state index in [1.54, 1.807) is 0 Å². The molecular formula is C24H35IN4O3. The third-order valence-electron chi connectivity index (χ3n) is 5.05. The van der Waals surface area contributed by atoms with Crippen molar-refractivity contribution in [2.24, 2.45) is 4.99 Å². The van der Waals surface area contributed by atoms with Crippen LogP contribution in [0.1, 0.15) is 39.2 Å². The summed E-state index contributed by atoms with van der Waals surface area (Å²) in [5.74, 6) is 2.85. The van der Waals surface area contributed by atoms with E-state index < -0.39 is 0 Å². The summed E-state index contributed by atoms with van der Waals surface area (Å²) in [4.78, 5) is 11.6. The van der Waals surface area contributed by atoms with Gasteiger partial charge in [0, 0.05) is 38.5 Å². The Morgan fingerprint density at radius 1 is 1.06 bits per heavy atom. The van der Waals surface area contributed by atoms with E-state index in [9.17, 15) is 0 Å². The average Bonchev–Trinajstić information content (AvgIpc) is 2.80. The van der Waals surface area contributed by atoms with Crippen LogP contribution in [0.4, 0.5) is 0 Å². The summed E-state index contributed by atoms with van der Waals surface area (Å²) in [6.07, 6.45) is 4.26. The van der Waals surface area contributed by atoms with Crippen molar-refractivity contribution in [3.63, 3.8) is 0 Å². The van der Waals surface area contributed by atoms with Gasteiger partial charge in [0.25, 0.3) is 0 Å². The second-order valence-corrected chi connectivity index (χ2v) is 7.30. The first-order valence-corrected chi connectivity index (χ1v) is 11.2. The number of pyridine rings is 1. The number of piperidine rings is 1. The van der Waals surface area contributed by atoms with Crippen LogP contribution in [0.3, 0.4) is 0 Å². The Hall–Kier alpha value is -2.07. The Balaban J connectivity index is 0.00000363. The van der Waals surface area contributed by atoms with Crippen LogP contribution in [0.2, 0.25) is 0 Å². The van der Waals surface area contributed by atoms with Crippen LogP contribution in [0, 0.1) is 0 Å². The molecule has 7 nitrogen and oxygen atoms in total. The van der Waals surface area contributed by atoms with E-state index in [1.807, 2.05) is 49.5 Å². The van der Waals surface area contributed by atoms with Crippen LogP contribution in [-0.4, -0.2) is 54.8 Å². The molecular weight excluding hydrogens is 519 g/mol. The van der Waals surface area contributed by atoms with Crippen molar-refractivity contribution in [2.75, 3.05) is 32.8 Å². The molecule has 1 fully saturated rings. The number of aliphatic imine (C=N–C) groups is 1. The third kappa shape index (κ3) is 7.81. The van der Waals surface area contributed by atoms with E-state index in [0.717, 1.165) is 50.6 Å². The molecule has 0 radical (unpaired) electrons. The number of aromatic nitrogens is 1. The number of ether oxygens (including phenoxy) is 3. The lowest BCUT2D eigenvalue weighted by molar-refractivity contribution is 0.0263. The number of hydrogen-bond acceptors (Lipinski definition) is 5. The molecule has 0 spiro atoms. The van der Waals surface area contributed by atoms with Gasteiger partial charge in [-0.3, -0.25) is 0 Å². The Morgan fingerprint density at radius 3 is 2.44 bits per heavy atom. The van der Waals surface area contributed by atoms with Gasteiger partial charge in [-0.1, -0.05) is 18.2 Å². The predicted octanol–water partition coefficient (Wildman–Crippen LogP) is 4.86. The van der Waals surface area contributed by atoms with E-state index in [2.05, 4.69) is 29.0 Å². The van der Waals surface area contributed by atoms with Crippen molar-refractivity contribution >= 4 is 29.9 Å². The summed E-state index contributed by atoms with van der Waals surface area (Å²) in [5, 5.41) is 3.41. The van der Waals surface area contributed by atoms with Crippen molar-refractivity contribution in [1.29, 1.82) is 0 Å². The van der Waals surface area contributed by atoms with Crippen LogP contribution in [-0.2, 0) is 11.3 Å². The number of rotatable bonds is 9. The molecule has 1 aliphatic heterocycles.